The van der Waals surface area contributed by atoms with Gasteiger partial charge < -0.3 is 4.90 Å². The van der Waals surface area contributed by atoms with E-state index in [4.69, 9.17) is 0 Å². The predicted molar refractivity (Wildman–Crippen MR) is 47.4 cm³/mol. The van der Waals surface area contributed by atoms with E-state index in [0.717, 1.165) is 12.8 Å². The van der Waals surface area contributed by atoms with Gasteiger partial charge in [0.2, 0.25) is 5.91 Å². The summed E-state index contributed by atoms with van der Waals surface area (Å²) in [5.74, 6) is 0.0705. The summed E-state index contributed by atoms with van der Waals surface area (Å²) in [6.07, 6.45) is 6.93. The van der Waals surface area contributed by atoms with Crippen molar-refractivity contribution in [3.63, 3.8) is 0 Å². The van der Waals surface area contributed by atoms with Gasteiger partial charge in [-0.1, -0.05) is 25.8 Å². The first-order valence-corrected chi connectivity index (χ1v) is 4.06. The smallest absolute Gasteiger partial charge is 0.245 e. The van der Waals surface area contributed by atoms with Gasteiger partial charge in [-0.25, -0.2) is 0 Å². The van der Waals surface area contributed by atoms with E-state index in [1.807, 2.05) is 6.08 Å². The van der Waals surface area contributed by atoms with Crippen LogP contribution in [-0.2, 0) is 4.79 Å². The molecule has 0 fully saturated rings. The number of unbranched alkanes of at least 4 members (excludes halogenated alkanes) is 2. The Balaban J connectivity index is 3.49. The van der Waals surface area contributed by atoms with Crippen LogP contribution in [0.15, 0.2) is 12.2 Å². The molecule has 0 rings (SSSR count). The Morgan fingerprint density at radius 2 is 2.09 bits per heavy atom. The van der Waals surface area contributed by atoms with Crippen molar-refractivity contribution in [3.05, 3.63) is 12.2 Å². The summed E-state index contributed by atoms with van der Waals surface area (Å²) in [6, 6.07) is 0. The van der Waals surface area contributed by atoms with Gasteiger partial charge in [-0.05, 0) is 12.5 Å². The third kappa shape index (κ3) is 5.64. The van der Waals surface area contributed by atoms with Gasteiger partial charge in [0.15, 0.2) is 0 Å². The molecule has 0 aliphatic heterocycles. The normalized spacial score (nSPS) is 10.5. The van der Waals surface area contributed by atoms with Gasteiger partial charge in [-0.2, -0.15) is 0 Å². The summed E-state index contributed by atoms with van der Waals surface area (Å²) in [5.41, 5.74) is 0. The van der Waals surface area contributed by atoms with Crippen LogP contribution in [0, 0.1) is 0 Å². The molecule has 0 radical (unpaired) electrons. The zero-order chi connectivity index (χ0) is 8.69. The molecule has 0 aromatic carbocycles. The van der Waals surface area contributed by atoms with Crippen LogP contribution in [0.1, 0.15) is 26.2 Å². The molecule has 0 aliphatic rings. The topological polar surface area (TPSA) is 20.3 Å². The third-order valence-corrected chi connectivity index (χ3v) is 1.43. The molecule has 0 unspecified atom stereocenters. The number of amides is 1. The fourth-order valence-electron chi connectivity index (χ4n) is 0.655. The largest absolute Gasteiger partial charge is 0.345 e. The fourth-order valence-corrected chi connectivity index (χ4v) is 0.655. The van der Waals surface area contributed by atoms with Crippen LogP contribution in [0.2, 0.25) is 0 Å². The van der Waals surface area contributed by atoms with E-state index in [1.165, 1.54) is 6.42 Å². The Morgan fingerprint density at radius 1 is 1.45 bits per heavy atom. The zero-order valence-electron chi connectivity index (χ0n) is 7.63. The van der Waals surface area contributed by atoms with Gasteiger partial charge in [0.05, 0.1) is 0 Å². The highest BCUT2D eigenvalue weighted by Crippen LogP contribution is 1.95. The van der Waals surface area contributed by atoms with E-state index in [0.29, 0.717) is 0 Å². The van der Waals surface area contributed by atoms with Gasteiger partial charge in [-0.15, -0.1) is 0 Å². The molecule has 2 heteroatoms. The molecule has 0 aromatic heterocycles. The summed E-state index contributed by atoms with van der Waals surface area (Å²) in [4.78, 5) is 12.5. The monoisotopic (exact) mass is 155 g/mol. The Morgan fingerprint density at radius 3 is 2.55 bits per heavy atom. The molecule has 0 saturated carbocycles. The van der Waals surface area contributed by atoms with Crippen molar-refractivity contribution >= 4 is 5.91 Å². The number of carbonyl (C=O) groups excluding carboxylic acids is 1. The minimum Gasteiger partial charge on any atom is -0.345 e. The second kappa shape index (κ2) is 5.96. The molecule has 0 bridgehead atoms. The second-order valence-corrected chi connectivity index (χ2v) is 2.78. The molecule has 0 heterocycles. The first-order chi connectivity index (χ1) is 5.18. The molecule has 0 spiro atoms. The van der Waals surface area contributed by atoms with Gasteiger partial charge in [0, 0.05) is 14.1 Å². The van der Waals surface area contributed by atoms with Crippen molar-refractivity contribution in [3.8, 4) is 0 Å². The van der Waals surface area contributed by atoms with E-state index >= 15 is 0 Å². The number of rotatable bonds is 4. The SMILES string of the molecule is CCCC/C=C/C(=O)N(C)C. The van der Waals surface area contributed by atoms with Crippen LogP contribution in [0.4, 0.5) is 0 Å². The first kappa shape index (κ1) is 10.2. The second-order valence-electron chi connectivity index (χ2n) is 2.78. The molecule has 0 aromatic rings. The molecule has 64 valence electrons. The lowest BCUT2D eigenvalue weighted by molar-refractivity contribution is -0.123. The minimum atomic E-state index is 0.0705. The van der Waals surface area contributed by atoms with E-state index in [2.05, 4.69) is 6.92 Å². The summed E-state index contributed by atoms with van der Waals surface area (Å²) in [5, 5.41) is 0. The van der Waals surface area contributed by atoms with Gasteiger partial charge in [0.1, 0.15) is 0 Å². The molecule has 0 saturated heterocycles. The average molecular weight is 155 g/mol. The van der Waals surface area contributed by atoms with Crippen LogP contribution in [0.5, 0.6) is 0 Å². The predicted octanol–water partition coefficient (Wildman–Crippen LogP) is 1.82. The van der Waals surface area contributed by atoms with Crippen LogP contribution in [0.25, 0.3) is 0 Å². The van der Waals surface area contributed by atoms with Crippen LogP contribution < -0.4 is 0 Å². The lowest BCUT2D eigenvalue weighted by atomic mass is 10.2. The summed E-state index contributed by atoms with van der Waals surface area (Å²) in [6.45, 7) is 2.14. The van der Waals surface area contributed by atoms with E-state index in [9.17, 15) is 4.79 Å². The highest BCUT2D eigenvalue weighted by Gasteiger charge is 1.94. The lowest BCUT2D eigenvalue weighted by Crippen LogP contribution is -2.18. The molecule has 11 heavy (non-hydrogen) atoms. The number of hydrogen-bond donors (Lipinski definition) is 0. The minimum absolute atomic E-state index is 0.0705. The Kier molecular flexibility index (Phi) is 5.53. The fraction of sp³-hybridized carbons (Fsp3) is 0.667. The van der Waals surface area contributed by atoms with Crippen molar-refractivity contribution < 1.29 is 4.79 Å². The van der Waals surface area contributed by atoms with Crippen molar-refractivity contribution in [2.24, 2.45) is 0 Å². The van der Waals surface area contributed by atoms with Crippen molar-refractivity contribution in [1.82, 2.24) is 4.90 Å². The zero-order valence-corrected chi connectivity index (χ0v) is 7.63. The number of likely N-dealkylation sites (N-methyl/N-ethyl adjacent to an activating group) is 1. The van der Waals surface area contributed by atoms with Gasteiger partial charge >= 0.3 is 0 Å². The summed E-state index contributed by atoms with van der Waals surface area (Å²) < 4.78 is 0. The molecule has 0 aliphatic carbocycles. The molecule has 0 atom stereocenters. The van der Waals surface area contributed by atoms with Crippen LogP contribution >= 0.6 is 0 Å². The Hall–Kier alpha value is -0.790. The average Bonchev–Trinajstić information content (AvgIpc) is 1.97. The number of hydrogen-bond acceptors (Lipinski definition) is 1. The van der Waals surface area contributed by atoms with E-state index in [1.54, 1.807) is 25.1 Å². The van der Waals surface area contributed by atoms with Gasteiger partial charge in [0.25, 0.3) is 0 Å². The first-order valence-electron chi connectivity index (χ1n) is 4.06. The third-order valence-electron chi connectivity index (χ3n) is 1.43. The maximum absolute atomic E-state index is 10.9. The summed E-state index contributed by atoms with van der Waals surface area (Å²) >= 11 is 0. The van der Waals surface area contributed by atoms with E-state index in [-0.39, 0.29) is 5.91 Å². The van der Waals surface area contributed by atoms with Crippen molar-refractivity contribution in [2.75, 3.05) is 14.1 Å². The standard InChI is InChI=1S/C9H17NO/c1-4-5-6-7-8-9(11)10(2)3/h7-8H,4-6H2,1-3H3/b8-7+. The quantitative estimate of drug-likeness (QED) is 0.448. The van der Waals surface area contributed by atoms with Gasteiger partial charge in [-0.3, -0.25) is 4.79 Å². The van der Waals surface area contributed by atoms with Crippen LogP contribution in [-0.4, -0.2) is 24.9 Å². The number of nitrogens with zero attached hydrogens (tertiary/aromatic N) is 1. The molecular formula is C9H17NO. The highest BCUT2D eigenvalue weighted by molar-refractivity contribution is 5.86. The lowest BCUT2D eigenvalue weighted by Gasteiger charge is -2.04. The van der Waals surface area contributed by atoms with E-state index < -0.39 is 0 Å². The molecule has 2 nitrogen and oxygen atoms in total. The summed E-state index contributed by atoms with van der Waals surface area (Å²) in [7, 11) is 3.51. The number of allylic oxidation sites excluding steroid dienone is 1. The number of carbonyl (C=O) groups is 1. The van der Waals surface area contributed by atoms with Crippen molar-refractivity contribution in [2.45, 2.75) is 26.2 Å². The van der Waals surface area contributed by atoms with Crippen LogP contribution in [0.3, 0.4) is 0 Å². The maximum atomic E-state index is 10.9. The molecule has 0 N–H and O–H groups in total. The van der Waals surface area contributed by atoms with Crippen molar-refractivity contribution in [1.29, 1.82) is 0 Å². The molecular weight excluding hydrogens is 138 g/mol. The maximum Gasteiger partial charge on any atom is 0.245 e. The molecule has 1 amide bonds. The highest BCUT2D eigenvalue weighted by atomic mass is 16.2. The Bertz CT molecular complexity index is 138. The Labute approximate surface area is 68.9 Å².